The van der Waals surface area contributed by atoms with E-state index in [9.17, 15) is 8.78 Å². The van der Waals surface area contributed by atoms with Gasteiger partial charge in [0.1, 0.15) is 0 Å². The Kier molecular flexibility index (Phi) is 2.90. The Hall–Kier alpha value is -1.84. The third-order valence-corrected chi connectivity index (χ3v) is 2.28. The summed E-state index contributed by atoms with van der Waals surface area (Å²) in [6.45, 7) is 1.97. The highest BCUT2D eigenvalue weighted by atomic mass is 19.2. The van der Waals surface area contributed by atoms with Crippen molar-refractivity contribution in [2.45, 2.75) is 13.3 Å². The van der Waals surface area contributed by atoms with E-state index in [1.165, 1.54) is 6.07 Å². The lowest BCUT2D eigenvalue weighted by molar-refractivity contribution is 0.509. The molecule has 2 nitrogen and oxygen atoms in total. The van der Waals surface area contributed by atoms with Crippen LogP contribution in [-0.4, -0.2) is 9.97 Å². The molecule has 0 atom stereocenters. The summed E-state index contributed by atoms with van der Waals surface area (Å²) in [6.07, 6.45) is 3.99. The lowest BCUT2D eigenvalue weighted by Crippen LogP contribution is -1.92. The molecule has 0 fully saturated rings. The van der Waals surface area contributed by atoms with Crippen molar-refractivity contribution >= 4 is 0 Å². The van der Waals surface area contributed by atoms with E-state index in [0.717, 1.165) is 24.2 Å². The molecular weight excluding hydrogens is 210 g/mol. The summed E-state index contributed by atoms with van der Waals surface area (Å²) >= 11 is 0. The zero-order valence-corrected chi connectivity index (χ0v) is 8.74. The number of aryl methyl sites for hydroxylation is 1. The van der Waals surface area contributed by atoms with Crippen molar-refractivity contribution in [1.29, 1.82) is 0 Å². The molecule has 0 N–H and O–H groups in total. The summed E-state index contributed by atoms with van der Waals surface area (Å²) in [4.78, 5) is 8.29. The first kappa shape index (κ1) is 10.7. The van der Waals surface area contributed by atoms with Gasteiger partial charge in [-0.05, 0) is 24.6 Å². The van der Waals surface area contributed by atoms with Crippen LogP contribution in [0, 0.1) is 11.6 Å². The quantitative estimate of drug-likeness (QED) is 0.777. The first-order valence-electron chi connectivity index (χ1n) is 4.97. The average molecular weight is 220 g/mol. The lowest BCUT2D eigenvalue weighted by atomic mass is 10.1. The maximum Gasteiger partial charge on any atom is 0.159 e. The van der Waals surface area contributed by atoms with E-state index in [-0.39, 0.29) is 0 Å². The van der Waals surface area contributed by atoms with Crippen LogP contribution in [0.5, 0.6) is 0 Å². The van der Waals surface area contributed by atoms with Crippen LogP contribution in [0.2, 0.25) is 0 Å². The number of halogens is 2. The second-order valence-corrected chi connectivity index (χ2v) is 3.38. The van der Waals surface area contributed by atoms with Gasteiger partial charge in [0.05, 0.1) is 17.6 Å². The molecule has 0 aliphatic heterocycles. The molecule has 0 bridgehead atoms. The fourth-order valence-electron chi connectivity index (χ4n) is 1.34. The SMILES string of the molecule is CCc1cnc(-c2ccc(F)c(F)c2)cn1. The monoisotopic (exact) mass is 220 g/mol. The highest BCUT2D eigenvalue weighted by molar-refractivity contribution is 5.57. The molecule has 0 radical (unpaired) electrons. The van der Waals surface area contributed by atoms with Gasteiger partial charge in [-0.25, -0.2) is 8.78 Å². The standard InChI is InChI=1S/C12H10F2N2/c1-2-9-6-16-12(7-15-9)8-3-4-10(13)11(14)5-8/h3-7H,2H2,1H3. The van der Waals surface area contributed by atoms with Gasteiger partial charge in [0.2, 0.25) is 0 Å². The molecule has 0 amide bonds. The Bertz CT molecular complexity index is 495. The maximum atomic E-state index is 13.0. The normalized spacial score (nSPS) is 10.4. The Morgan fingerprint density at radius 3 is 2.44 bits per heavy atom. The van der Waals surface area contributed by atoms with Crippen molar-refractivity contribution < 1.29 is 8.78 Å². The fraction of sp³-hybridized carbons (Fsp3) is 0.167. The van der Waals surface area contributed by atoms with Gasteiger partial charge < -0.3 is 0 Å². The van der Waals surface area contributed by atoms with Crippen LogP contribution >= 0.6 is 0 Å². The molecule has 2 aromatic rings. The van der Waals surface area contributed by atoms with Gasteiger partial charge in [-0.15, -0.1) is 0 Å². The van der Waals surface area contributed by atoms with E-state index >= 15 is 0 Å². The van der Waals surface area contributed by atoms with Gasteiger partial charge in [0.15, 0.2) is 11.6 Å². The van der Waals surface area contributed by atoms with Crippen molar-refractivity contribution in [3.05, 3.63) is 47.9 Å². The van der Waals surface area contributed by atoms with Crippen LogP contribution in [0.1, 0.15) is 12.6 Å². The Labute approximate surface area is 92.0 Å². The van der Waals surface area contributed by atoms with Crippen LogP contribution in [-0.2, 0) is 6.42 Å². The van der Waals surface area contributed by atoms with E-state index in [4.69, 9.17) is 0 Å². The molecule has 1 aromatic heterocycles. The van der Waals surface area contributed by atoms with Crippen molar-refractivity contribution in [2.75, 3.05) is 0 Å². The van der Waals surface area contributed by atoms with E-state index < -0.39 is 11.6 Å². The zero-order chi connectivity index (χ0) is 11.5. The molecule has 82 valence electrons. The summed E-state index contributed by atoms with van der Waals surface area (Å²) in [5, 5.41) is 0. The number of aromatic nitrogens is 2. The summed E-state index contributed by atoms with van der Waals surface area (Å²) in [5.74, 6) is -1.74. The second kappa shape index (κ2) is 4.35. The Balaban J connectivity index is 2.38. The van der Waals surface area contributed by atoms with Crippen molar-refractivity contribution in [2.24, 2.45) is 0 Å². The van der Waals surface area contributed by atoms with Gasteiger partial charge >= 0.3 is 0 Å². The van der Waals surface area contributed by atoms with E-state index in [0.29, 0.717) is 11.3 Å². The molecule has 1 aromatic carbocycles. The third-order valence-electron chi connectivity index (χ3n) is 2.28. The first-order chi connectivity index (χ1) is 7.70. The van der Waals surface area contributed by atoms with Crippen LogP contribution in [0.25, 0.3) is 11.3 Å². The molecule has 0 saturated heterocycles. The second-order valence-electron chi connectivity index (χ2n) is 3.38. The minimum Gasteiger partial charge on any atom is -0.257 e. The minimum atomic E-state index is -0.876. The van der Waals surface area contributed by atoms with Crippen molar-refractivity contribution in [1.82, 2.24) is 9.97 Å². The number of benzene rings is 1. The summed E-state index contributed by atoms with van der Waals surface area (Å²) in [6, 6.07) is 3.68. The fourth-order valence-corrected chi connectivity index (χ4v) is 1.34. The molecule has 0 unspecified atom stereocenters. The van der Waals surface area contributed by atoms with Crippen LogP contribution in [0.4, 0.5) is 8.78 Å². The highest BCUT2D eigenvalue weighted by Gasteiger charge is 2.05. The summed E-state index contributed by atoms with van der Waals surface area (Å²) in [5.41, 5.74) is 1.93. The molecular formula is C12H10F2N2. The van der Waals surface area contributed by atoms with Gasteiger partial charge in [-0.2, -0.15) is 0 Å². The lowest BCUT2D eigenvalue weighted by Gasteiger charge is -2.02. The molecule has 1 heterocycles. The predicted molar refractivity (Wildman–Crippen MR) is 56.8 cm³/mol. The molecule has 16 heavy (non-hydrogen) atoms. The van der Waals surface area contributed by atoms with Gasteiger partial charge in [0, 0.05) is 11.8 Å². The zero-order valence-electron chi connectivity index (χ0n) is 8.74. The smallest absolute Gasteiger partial charge is 0.159 e. The predicted octanol–water partition coefficient (Wildman–Crippen LogP) is 2.98. The van der Waals surface area contributed by atoms with E-state index in [2.05, 4.69) is 9.97 Å². The first-order valence-corrected chi connectivity index (χ1v) is 4.97. The number of rotatable bonds is 2. The number of hydrogen-bond donors (Lipinski definition) is 0. The minimum absolute atomic E-state index is 0.522. The molecule has 0 aliphatic carbocycles. The van der Waals surface area contributed by atoms with Crippen LogP contribution in [0.3, 0.4) is 0 Å². The Morgan fingerprint density at radius 1 is 1.06 bits per heavy atom. The molecule has 2 rings (SSSR count). The van der Waals surface area contributed by atoms with E-state index in [1.807, 2.05) is 6.92 Å². The average Bonchev–Trinajstić information content (AvgIpc) is 2.33. The topological polar surface area (TPSA) is 25.8 Å². The van der Waals surface area contributed by atoms with Gasteiger partial charge in [-0.1, -0.05) is 6.92 Å². The number of nitrogens with zero attached hydrogens (tertiary/aromatic N) is 2. The van der Waals surface area contributed by atoms with Gasteiger partial charge in [0.25, 0.3) is 0 Å². The largest absolute Gasteiger partial charge is 0.257 e. The molecule has 0 spiro atoms. The van der Waals surface area contributed by atoms with Crippen LogP contribution in [0.15, 0.2) is 30.6 Å². The Morgan fingerprint density at radius 2 is 1.88 bits per heavy atom. The maximum absolute atomic E-state index is 13.0. The molecule has 4 heteroatoms. The third kappa shape index (κ3) is 2.05. The van der Waals surface area contributed by atoms with Crippen molar-refractivity contribution in [3.63, 3.8) is 0 Å². The van der Waals surface area contributed by atoms with Gasteiger partial charge in [-0.3, -0.25) is 9.97 Å². The van der Waals surface area contributed by atoms with Crippen molar-refractivity contribution in [3.8, 4) is 11.3 Å². The molecule has 0 aliphatic rings. The summed E-state index contributed by atoms with van der Waals surface area (Å²) < 4.78 is 25.7. The number of hydrogen-bond acceptors (Lipinski definition) is 2. The highest BCUT2D eigenvalue weighted by Crippen LogP contribution is 2.18. The summed E-state index contributed by atoms with van der Waals surface area (Å²) in [7, 11) is 0. The molecule has 0 saturated carbocycles. The van der Waals surface area contributed by atoms with Crippen LogP contribution < -0.4 is 0 Å². The van der Waals surface area contributed by atoms with E-state index in [1.54, 1.807) is 12.4 Å².